The van der Waals surface area contributed by atoms with Crippen LogP contribution in [0.5, 0.6) is 0 Å². The molecule has 0 radical (unpaired) electrons. The molecule has 0 amide bonds. The Kier molecular flexibility index (Phi) is 9.42. The summed E-state index contributed by atoms with van der Waals surface area (Å²) in [5, 5.41) is 88.3. The second-order valence-corrected chi connectivity index (χ2v) is 12.3. The quantitative estimate of drug-likeness (QED) is 0.108. The van der Waals surface area contributed by atoms with Crippen molar-refractivity contribution < 1.29 is 55.1 Å². The molecule has 42 heavy (non-hydrogen) atoms. The highest BCUT2D eigenvalue weighted by molar-refractivity contribution is 7.19. The first kappa shape index (κ1) is 31.1. The average Bonchev–Trinajstić information content (AvgIpc) is 3.73. The molecule has 5 rings (SSSR count). The Balaban J connectivity index is 1.26. The highest BCUT2D eigenvalue weighted by Crippen LogP contribution is 2.31. The van der Waals surface area contributed by atoms with E-state index in [4.69, 9.17) is 9.47 Å². The number of hydrogen-bond acceptors (Lipinski definition) is 17. The van der Waals surface area contributed by atoms with Gasteiger partial charge in [-0.3, -0.25) is 4.79 Å². The zero-order chi connectivity index (χ0) is 30.3. The molecule has 0 bridgehead atoms. The number of carbonyl (C=O) groups is 1. The first-order chi connectivity index (χ1) is 20.0. The van der Waals surface area contributed by atoms with Gasteiger partial charge in [0.05, 0.1) is 52.5 Å². The number of thiazole rings is 2. The molecular formula is C24H31N5O11S2. The summed E-state index contributed by atoms with van der Waals surface area (Å²) in [5.74, 6) is -0.331. The van der Waals surface area contributed by atoms with Crippen molar-refractivity contribution in [2.75, 3.05) is 13.2 Å². The zero-order valence-corrected chi connectivity index (χ0v) is 23.7. The SMILES string of the molecule is Cc1nc(-c2cn(C[C@H]3O[C@H](CO)[C@@H](O)[C@H](O)[C@@H]3O)nn2)sc1C(=O)c1cnc(C[C@H]2O[C@H](CO)[C@@H](O)[C@H](O)[C@@H]2O)s1. The number of aliphatic hydroxyl groups is 8. The Morgan fingerprint density at radius 3 is 2.12 bits per heavy atom. The number of carbonyl (C=O) groups excluding carboxylic acids is 1. The van der Waals surface area contributed by atoms with Crippen LogP contribution in [0.1, 0.15) is 25.3 Å². The predicted octanol–water partition coefficient (Wildman–Crippen LogP) is -3.38. The van der Waals surface area contributed by atoms with Gasteiger partial charge in [-0.05, 0) is 6.92 Å². The second kappa shape index (κ2) is 12.7. The van der Waals surface area contributed by atoms with E-state index in [1.807, 2.05) is 0 Å². The van der Waals surface area contributed by atoms with Gasteiger partial charge < -0.3 is 50.3 Å². The third kappa shape index (κ3) is 6.03. The van der Waals surface area contributed by atoms with Crippen LogP contribution in [0, 0.1) is 6.92 Å². The molecule has 8 N–H and O–H groups in total. The molecule has 5 heterocycles. The Bertz CT molecular complexity index is 1380. The van der Waals surface area contributed by atoms with Gasteiger partial charge in [0.15, 0.2) is 0 Å². The van der Waals surface area contributed by atoms with Crippen molar-refractivity contribution in [3.63, 3.8) is 0 Å². The third-order valence-corrected chi connectivity index (χ3v) is 9.46. The standard InChI is InChI=1S/C24H31N5O11S2/c1-8-23(20(36)14-3-25-15(41-14)2-10-16(32)21(37)18(34)12(6-30)39-10)42-24(26-8)9-4-29(28-27-9)5-11-17(33)22(38)19(35)13(7-31)40-11/h3-4,10-13,16-19,21-22,30-35,37-38H,2,5-7H2,1H3/t10-,11-,12-,13-,16-,17-,18-,19-,21-,22-/m1/s1. The molecule has 0 spiro atoms. The van der Waals surface area contributed by atoms with Gasteiger partial charge in [-0.2, -0.15) is 0 Å². The van der Waals surface area contributed by atoms with Gasteiger partial charge in [-0.1, -0.05) is 5.21 Å². The number of nitrogens with zero attached hydrogens (tertiary/aromatic N) is 5. The fourth-order valence-corrected chi connectivity index (χ4v) is 6.80. The molecule has 0 unspecified atom stereocenters. The molecule has 230 valence electrons. The lowest BCUT2D eigenvalue weighted by Gasteiger charge is -2.39. The lowest BCUT2D eigenvalue weighted by Crippen LogP contribution is -2.59. The van der Waals surface area contributed by atoms with E-state index in [1.54, 1.807) is 6.92 Å². The maximum Gasteiger partial charge on any atom is 0.216 e. The summed E-state index contributed by atoms with van der Waals surface area (Å²) in [6.07, 6.45) is -9.83. The van der Waals surface area contributed by atoms with E-state index in [9.17, 15) is 45.6 Å². The molecule has 2 aliphatic heterocycles. The van der Waals surface area contributed by atoms with Crippen LogP contribution in [-0.4, -0.2) is 146 Å². The monoisotopic (exact) mass is 629 g/mol. The topological polar surface area (TPSA) is 254 Å². The van der Waals surface area contributed by atoms with Crippen LogP contribution >= 0.6 is 22.7 Å². The van der Waals surface area contributed by atoms with Crippen LogP contribution in [0.3, 0.4) is 0 Å². The lowest BCUT2D eigenvalue weighted by atomic mass is 9.94. The van der Waals surface area contributed by atoms with Crippen LogP contribution in [0.25, 0.3) is 10.7 Å². The largest absolute Gasteiger partial charge is 0.394 e. The Hall–Kier alpha value is -2.33. The van der Waals surface area contributed by atoms with Gasteiger partial charge in [-0.25, -0.2) is 14.6 Å². The fourth-order valence-electron chi connectivity index (χ4n) is 4.86. The van der Waals surface area contributed by atoms with Crippen molar-refractivity contribution in [2.45, 2.75) is 80.9 Å². The first-order valence-electron chi connectivity index (χ1n) is 13.0. The number of ether oxygens (including phenoxy) is 2. The summed E-state index contributed by atoms with van der Waals surface area (Å²) in [5.41, 5.74) is 0.798. The molecular weight excluding hydrogens is 598 g/mol. The van der Waals surface area contributed by atoms with E-state index in [1.165, 1.54) is 17.1 Å². The van der Waals surface area contributed by atoms with Gasteiger partial charge in [0.1, 0.15) is 65.6 Å². The number of rotatable bonds is 9. The second-order valence-electron chi connectivity index (χ2n) is 10.1. The summed E-state index contributed by atoms with van der Waals surface area (Å²) in [4.78, 5) is 22.6. The van der Waals surface area contributed by atoms with E-state index in [0.29, 0.717) is 31.2 Å². The smallest absolute Gasteiger partial charge is 0.216 e. The number of aliphatic hydroxyl groups excluding tert-OH is 8. The van der Waals surface area contributed by atoms with E-state index in [-0.39, 0.29) is 18.7 Å². The molecule has 10 atom stereocenters. The van der Waals surface area contributed by atoms with E-state index in [0.717, 1.165) is 22.7 Å². The molecule has 3 aromatic rings. The van der Waals surface area contributed by atoms with Crippen LogP contribution in [0.15, 0.2) is 12.4 Å². The van der Waals surface area contributed by atoms with Crippen LogP contribution in [-0.2, 0) is 22.4 Å². The van der Waals surface area contributed by atoms with Gasteiger partial charge in [0.25, 0.3) is 0 Å². The molecule has 0 aromatic carbocycles. The molecule has 18 heteroatoms. The Labute approximate surface area is 246 Å². The molecule has 0 aliphatic carbocycles. The maximum atomic E-state index is 13.3. The summed E-state index contributed by atoms with van der Waals surface area (Å²) in [6.45, 7) is 0.538. The van der Waals surface area contributed by atoms with E-state index in [2.05, 4.69) is 20.3 Å². The fraction of sp³-hybridized carbons (Fsp3) is 0.625. The normalized spacial score (nSPS) is 33.6. The van der Waals surface area contributed by atoms with Crippen LogP contribution < -0.4 is 0 Å². The molecule has 2 fully saturated rings. The Morgan fingerprint density at radius 1 is 0.881 bits per heavy atom. The van der Waals surface area contributed by atoms with E-state index < -0.39 is 74.3 Å². The molecule has 16 nitrogen and oxygen atoms in total. The van der Waals surface area contributed by atoms with Crippen molar-refractivity contribution in [1.82, 2.24) is 25.0 Å². The van der Waals surface area contributed by atoms with Crippen LogP contribution in [0.4, 0.5) is 0 Å². The highest BCUT2D eigenvalue weighted by atomic mass is 32.1. The average molecular weight is 630 g/mol. The predicted molar refractivity (Wildman–Crippen MR) is 143 cm³/mol. The third-order valence-electron chi connectivity index (χ3n) is 7.26. The van der Waals surface area contributed by atoms with Crippen LogP contribution in [0.2, 0.25) is 0 Å². The van der Waals surface area contributed by atoms with Gasteiger partial charge in [-0.15, -0.1) is 27.8 Å². The minimum Gasteiger partial charge on any atom is -0.394 e. The highest BCUT2D eigenvalue weighted by Gasteiger charge is 2.44. The lowest BCUT2D eigenvalue weighted by molar-refractivity contribution is -0.232. The van der Waals surface area contributed by atoms with Gasteiger partial charge in [0, 0.05) is 12.6 Å². The van der Waals surface area contributed by atoms with Crippen molar-refractivity contribution in [3.8, 4) is 10.7 Å². The number of hydrogen-bond donors (Lipinski definition) is 8. The number of ketones is 1. The first-order valence-corrected chi connectivity index (χ1v) is 14.6. The molecule has 0 saturated carbocycles. The molecule has 2 aliphatic rings. The minimum atomic E-state index is -1.51. The zero-order valence-electron chi connectivity index (χ0n) is 22.1. The summed E-state index contributed by atoms with van der Waals surface area (Å²) < 4.78 is 12.4. The van der Waals surface area contributed by atoms with Gasteiger partial charge >= 0.3 is 0 Å². The van der Waals surface area contributed by atoms with Crippen molar-refractivity contribution >= 4 is 28.5 Å². The molecule has 3 aromatic heterocycles. The number of aromatic nitrogens is 5. The van der Waals surface area contributed by atoms with Crippen molar-refractivity contribution in [1.29, 1.82) is 0 Å². The van der Waals surface area contributed by atoms with Gasteiger partial charge in [0.2, 0.25) is 5.78 Å². The summed E-state index contributed by atoms with van der Waals surface area (Å²) in [6, 6.07) is 0. The van der Waals surface area contributed by atoms with E-state index >= 15 is 0 Å². The Morgan fingerprint density at radius 2 is 1.48 bits per heavy atom. The minimum absolute atomic E-state index is 0.0390. The maximum absolute atomic E-state index is 13.3. The summed E-state index contributed by atoms with van der Waals surface area (Å²) in [7, 11) is 0. The van der Waals surface area contributed by atoms with Crippen molar-refractivity contribution in [2.24, 2.45) is 0 Å². The number of aryl methyl sites for hydroxylation is 1. The summed E-state index contributed by atoms with van der Waals surface area (Å²) >= 11 is 2.17. The molecule has 2 saturated heterocycles. The van der Waals surface area contributed by atoms with Crippen molar-refractivity contribution in [3.05, 3.63) is 32.8 Å².